The van der Waals surface area contributed by atoms with E-state index >= 15 is 0 Å². The highest BCUT2D eigenvalue weighted by Crippen LogP contribution is 2.28. The molecule has 0 amide bonds. The average molecular weight is 201 g/mol. The molecule has 0 saturated heterocycles. The highest BCUT2D eigenvalue weighted by Gasteiger charge is 2.24. The maximum absolute atomic E-state index is 10.5. The van der Waals surface area contributed by atoms with Crippen LogP contribution in [0.25, 0.3) is 0 Å². The largest absolute Gasteiger partial charge is 0.480 e. The molecule has 1 saturated carbocycles. The summed E-state index contributed by atoms with van der Waals surface area (Å²) in [7, 11) is 1.73. The summed E-state index contributed by atoms with van der Waals surface area (Å²) < 4.78 is 5.24. The molecule has 0 spiro atoms. The maximum Gasteiger partial charge on any atom is 0.320 e. The Labute approximate surface area is 84.4 Å². The molecular weight excluding hydrogens is 182 g/mol. The molecule has 4 nitrogen and oxygen atoms in total. The van der Waals surface area contributed by atoms with Gasteiger partial charge in [0, 0.05) is 7.11 Å². The van der Waals surface area contributed by atoms with Crippen molar-refractivity contribution in [3.05, 3.63) is 0 Å². The minimum atomic E-state index is -0.890. The number of hydrogen-bond donors (Lipinski definition) is 2. The van der Waals surface area contributed by atoms with Gasteiger partial charge in [-0.25, -0.2) is 0 Å². The zero-order valence-corrected chi connectivity index (χ0v) is 8.61. The second-order valence-electron chi connectivity index (χ2n) is 4.06. The van der Waals surface area contributed by atoms with Crippen LogP contribution in [0.1, 0.15) is 32.1 Å². The molecule has 0 radical (unpaired) electrons. The van der Waals surface area contributed by atoms with Crippen LogP contribution in [0, 0.1) is 5.92 Å². The molecule has 3 N–H and O–H groups in total. The van der Waals surface area contributed by atoms with Crippen molar-refractivity contribution in [2.24, 2.45) is 11.7 Å². The maximum atomic E-state index is 10.5. The first-order valence-corrected chi connectivity index (χ1v) is 5.14. The number of carboxylic acids is 1. The summed E-state index contributed by atoms with van der Waals surface area (Å²) in [5, 5.41) is 8.66. The van der Waals surface area contributed by atoms with Crippen LogP contribution in [0.3, 0.4) is 0 Å². The van der Waals surface area contributed by atoms with Crippen molar-refractivity contribution in [2.45, 2.75) is 44.2 Å². The number of aliphatic carboxylic acids is 1. The smallest absolute Gasteiger partial charge is 0.320 e. The number of rotatable bonds is 4. The molecule has 1 atom stereocenters. The van der Waals surface area contributed by atoms with Gasteiger partial charge in [-0.3, -0.25) is 4.79 Å². The van der Waals surface area contributed by atoms with Gasteiger partial charge in [0.2, 0.25) is 0 Å². The Bertz CT molecular complexity index is 188. The number of carboxylic acid groups (broad SMARTS) is 1. The molecule has 0 aromatic heterocycles. The SMILES string of the molecule is CO[C@H]1CC[C@H](C[C@H](N)C(=O)O)CC1. The number of ether oxygens (including phenoxy) is 1. The van der Waals surface area contributed by atoms with E-state index in [1.807, 2.05) is 0 Å². The fourth-order valence-electron chi connectivity index (χ4n) is 2.06. The third-order valence-corrected chi connectivity index (χ3v) is 3.03. The van der Waals surface area contributed by atoms with Crippen LogP contribution in [0.15, 0.2) is 0 Å². The summed E-state index contributed by atoms with van der Waals surface area (Å²) in [5.41, 5.74) is 5.48. The molecule has 0 aliphatic heterocycles. The van der Waals surface area contributed by atoms with Crippen molar-refractivity contribution in [1.82, 2.24) is 0 Å². The fraction of sp³-hybridized carbons (Fsp3) is 0.900. The van der Waals surface area contributed by atoms with Gasteiger partial charge in [0.1, 0.15) is 6.04 Å². The lowest BCUT2D eigenvalue weighted by Crippen LogP contribution is -2.34. The van der Waals surface area contributed by atoms with Crippen LogP contribution in [0.5, 0.6) is 0 Å². The summed E-state index contributed by atoms with van der Waals surface area (Å²) in [6.45, 7) is 0. The standard InChI is InChI=1S/C10H19NO3/c1-14-8-4-2-7(3-5-8)6-9(11)10(12)13/h7-9H,2-6,11H2,1H3,(H,12,13)/t7-,8-,9-/m0/s1. The third kappa shape index (κ3) is 3.27. The predicted octanol–water partition coefficient (Wildman–Crippen LogP) is 0.994. The van der Waals surface area contributed by atoms with Crippen molar-refractivity contribution in [3.63, 3.8) is 0 Å². The van der Waals surface area contributed by atoms with E-state index in [2.05, 4.69) is 0 Å². The summed E-state index contributed by atoms with van der Waals surface area (Å²) in [5.74, 6) is -0.425. The molecule has 4 heteroatoms. The highest BCUT2D eigenvalue weighted by atomic mass is 16.5. The van der Waals surface area contributed by atoms with E-state index < -0.39 is 12.0 Å². The van der Waals surface area contributed by atoms with E-state index in [9.17, 15) is 4.79 Å². The number of nitrogens with two attached hydrogens (primary N) is 1. The van der Waals surface area contributed by atoms with Crippen molar-refractivity contribution < 1.29 is 14.6 Å². The minimum Gasteiger partial charge on any atom is -0.480 e. The number of carbonyl (C=O) groups is 1. The Morgan fingerprint density at radius 1 is 1.50 bits per heavy atom. The van der Waals surface area contributed by atoms with Crippen LogP contribution in [-0.4, -0.2) is 30.3 Å². The Hall–Kier alpha value is -0.610. The number of hydrogen-bond acceptors (Lipinski definition) is 3. The second-order valence-corrected chi connectivity index (χ2v) is 4.06. The zero-order valence-electron chi connectivity index (χ0n) is 8.61. The van der Waals surface area contributed by atoms with Gasteiger partial charge in [0.15, 0.2) is 0 Å². The monoisotopic (exact) mass is 201 g/mol. The summed E-state index contributed by atoms with van der Waals surface area (Å²) >= 11 is 0. The van der Waals surface area contributed by atoms with Gasteiger partial charge in [0.25, 0.3) is 0 Å². The lowest BCUT2D eigenvalue weighted by atomic mass is 9.83. The molecule has 0 unspecified atom stereocenters. The normalized spacial score (nSPS) is 29.9. The molecule has 1 fully saturated rings. The van der Waals surface area contributed by atoms with Crippen molar-refractivity contribution >= 4 is 5.97 Å². The van der Waals surface area contributed by atoms with Gasteiger partial charge in [-0.15, -0.1) is 0 Å². The predicted molar refractivity (Wildman–Crippen MR) is 53.0 cm³/mol. The molecule has 1 aliphatic carbocycles. The van der Waals surface area contributed by atoms with Crippen molar-refractivity contribution in [1.29, 1.82) is 0 Å². The number of methoxy groups -OCH3 is 1. The molecule has 1 aliphatic rings. The molecule has 0 bridgehead atoms. The first-order valence-electron chi connectivity index (χ1n) is 5.14. The Kier molecular flexibility index (Phi) is 4.35. The first kappa shape index (κ1) is 11.5. The van der Waals surface area contributed by atoms with Gasteiger partial charge in [-0.2, -0.15) is 0 Å². The van der Waals surface area contributed by atoms with Crippen LogP contribution in [0.4, 0.5) is 0 Å². The van der Waals surface area contributed by atoms with Gasteiger partial charge in [0.05, 0.1) is 6.10 Å². The molecule has 0 heterocycles. The molecule has 82 valence electrons. The summed E-state index contributed by atoms with van der Waals surface area (Å²) in [4.78, 5) is 10.5. The lowest BCUT2D eigenvalue weighted by Gasteiger charge is -2.28. The molecule has 14 heavy (non-hydrogen) atoms. The molecular formula is C10H19NO3. The molecule has 0 aromatic rings. The van der Waals surface area contributed by atoms with Crippen molar-refractivity contribution in [3.8, 4) is 0 Å². The summed E-state index contributed by atoms with van der Waals surface area (Å²) in [6, 6.07) is -0.695. The Morgan fingerprint density at radius 2 is 2.07 bits per heavy atom. The lowest BCUT2D eigenvalue weighted by molar-refractivity contribution is -0.139. The van der Waals surface area contributed by atoms with Gasteiger partial charge >= 0.3 is 5.97 Å². The third-order valence-electron chi connectivity index (χ3n) is 3.03. The van der Waals surface area contributed by atoms with Gasteiger partial charge in [-0.1, -0.05) is 0 Å². The van der Waals surface area contributed by atoms with Gasteiger partial charge < -0.3 is 15.6 Å². The molecule has 0 aromatic carbocycles. The van der Waals surface area contributed by atoms with E-state index in [1.165, 1.54) is 0 Å². The Morgan fingerprint density at radius 3 is 2.50 bits per heavy atom. The fourth-order valence-corrected chi connectivity index (χ4v) is 2.06. The first-order chi connectivity index (χ1) is 6.63. The van der Waals surface area contributed by atoms with Crippen LogP contribution >= 0.6 is 0 Å². The van der Waals surface area contributed by atoms with E-state index in [4.69, 9.17) is 15.6 Å². The Balaban J connectivity index is 2.25. The van der Waals surface area contributed by atoms with Crippen molar-refractivity contribution in [2.75, 3.05) is 7.11 Å². The topological polar surface area (TPSA) is 72.5 Å². The van der Waals surface area contributed by atoms with E-state index in [0.29, 0.717) is 18.4 Å². The van der Waals surface area contributed by atoms with Crippen LogP contribution in [-0.2, 0) is 9.53 Å². The average Bonchev–Trinajstić information content (AvgIpc) is 2.19. The quantitative estimate of drug-likeness (QED) is 0.711. The van der Waals surface area contributed by atoms with Gasteiger partial charge in [-0.05, 0) is 38.0 Å². The molecule has 1 rings (SSSR count). The van der Waals surface area contributed by atoms with E-state index in [0.717, 1.165) is 25.7 Å². The highest BCUT2D eigenvalue weighted by molar-refractivity contribution is 5.73. The summed E-state index contributed by atoms with van der Waals surface area (Å²) in [6.07, 6.45) is 5.12. The second kappa shape index (κ2) is 5.32. The van der Waals surface area contributed by atoms with Crippen LogP contribution in [0.2, 0.25) is 0 Å². The van der Waals surface area contributed by atoms with E-state index in [1.54, 1.807) is 7.11 Å². The van der Waals surface area contributed by atoms with E-state index in [-0.39, 0.29) is 0 Å². The zero-order chi connectivity index (χ0) is 10.6. The minimum absolute atomic E-state index is 0.368. The van der Waals surface area contributed by atoms with Crippen LogP contribution < -0.4 is 5.73 Å².